The van der Waals surface area contributed by atoms with E-state index in [1.54, 1.807) is 0 Å². The van der Waals surface area contributed by atoms with Gasteiger partial charge >= 0.3 is 6.18 Å². The molecule has 1 fully saturated rings. The van der Waals surface area contributed by atoms with Crippen molar-refractivity contribution in [3.8, 4) is 5.75 Å². The fourth-order valence-electron chi connectivity index (χ4n) is 2.21. The van der Waals surface area contributed by atoms with Crippen LogP contribution in [-0.2, 0) is 0 Å². The van der Waals surface area contributed by atoms with Gasteiger partial charge < -0.3 is 10.5 Å². The lowest BCUT2D eigenvalue weighted by molar-refractivity contribution is -0.197. The van der Waals surface area contributed by atoms with Crippen molar-refractivity contribution < 1.29 is 22.3 Å². The molecule has 0 saturated heterocycles. The maximum absolute atomic E-state index is 13.6. The highest BCUT2D eigenvalue weighted by atomic mass is 19.4. The molecule has 0 aliphatic heterocycles. The van der Waals surface area contributed by atoms with E-state index in [1.807, 2.05) is 0 Å². The van der Waals surface area contributed by atoms with E-state index >= 15 is 0 Å². The van der Waals surface area contributed by atoms with Crippen LogP contribution in [0.4, 0.5) is 23.2 Å². The van der Waals surface area contributed by atoms with E-state index < -0.39 is 23.8 Å². The smallest absolute Gasteiger partial charge is 0.391 e. The summed E-state index contributed by atoms with van der Waals surface area (Å²) < 4.78 is 55.7. The van der Waals surface area contributed by atoms with Gasteiger partial charge in [0.05, 0.1) is 18.7 Å². The fourth-order valence-corrected chi connectivity index (χ4v) is 2.21. The number of nitrogen functional groups attached to an aromatic ring is 1. The predicted molar refractivity (Wildman–Crippen MR) is 58.9 cm³/mol. The van der Waals surface area contributed by atoms with Gasteiger partial charge in [-0.05, 0) is 30.4 Å². The molecular weight excluding hydrogens is 250 g/mol. The second kappa shape index (κ2) is 4.33. The third-order valence-electron chi connectivity index (χ3n) is 3.39. The van der Waals surface area contributed by atoms with Gasteiger partial charge in [-0.25, -0.2) is 4.39 Å². The first-order valence-corrected chi connectivity index (χ1v) is 5.52. The van der Waals surface area contributed by atoms with Crippen molar-refractivity contribution in [2.75, 3.05) is 12.8 Å². The average molecular weight is 263 g/mol. The molecule has 1 aromatic carbocycles. The largest absolute Gasteiger partial charge is 0.495 e. The summed E-state index contributed by atoms with van der Waals surface area (Å²) in [5.41, 5.74) is 5.91. The molecule has 1 aliphatic carbocycles. The van der Waals surface area contributed by atoms with Crippen LogP contribution < -0.4 is 10.5 Å². The summed E-state index contributed by atoms with van der Waals surface area (Å²) in [5.74, 6) is -2.02. The van der Waals surface area contributed by atoms with Crippen molar-refractivity contribution in [3.05, 3.63) is 23.5 Å². The van der Waals surface area contributed by atoms with Gasteiger partial charge in [0.15, 0.2) is 0 Å². The summed E-state index contributed by atoms with van der Waals surface area (Å²) in [6.07, 6.45) is -4.34. The highest BCUT2D eigenvalue weighted by molar-refractivity contribution is 5.55. The Morgan fingerprint density at radius 1 is 1.28 bits per heavy atom. The summed E-state index contributed by atoms with van der Waals surface area (Å²) >= 11 is 0. The molecule has 1 aromatic rings. The standard InChI is InChI=1S/C12H13F4NO/c1-18-11-4-8(9(13)5-10(11)17)6-2-7(3-6)12(14,15)16/h4-7H,2-3,17H2,1H3/t6-,7-. The number of anilines is 1. The van der Waals surface area contributed by atoms with Gasteiger partial charge in [-0.3, -0.25) is 0 Å². The van der Waals surface area contributed by atoms with E-state index in [9.17, 15) is 17.6 Å². The van der Waals surface area contributed by atoms with E-state index in [4.69, 9.17) is 10.5 Å². The second-order valence-corrected chi connectivity index (χ2v) is 4.52. The highest BCUT2D eigenvalue weighted by Gasteiger charge is 2.48. The molecule has 6 heteroatoms. The summed E-state index contributed by atoms with van der Waals surface area (Å²) in [5, 5.41) is 0. The number of ether oxygens (including phenoxy) is 1. The normalized spacial score (nSPS) is 23.6. The Balaban J connectivity index is 2.17. The quantitative estimate of drug-likeness (QED) is 0.655. The van der Waals surface area contributed by atoms with Gasteiger partial charge in [-0.2, -0.15) is 13.2 Å². The lowest BCUT2D eigenvalue weighted by atomic mass is 9.71. The molecule has 0 spiro atoms. The van der Waals surface area contributed by atoms with Crippen molar-refractivity contribution in [1.29, 1.82) is 0 Å². The van der Waals surface area contributed by atoms with Gasteiger partial charge in [-0.15, -0.1) is 0 Å². The van der Waals surface area contributed by atoms with Crippen LogP contribution in [0.2, 0.25) is 0 Å². The number of benzene rings is 1. The number of methoxy groups -OCH3 is 1. The topological polar surface area (TPSA) is 35.2 Å². The molecule has 2 nitrogen and oxygen atoms in total. The lowest BCUT2D eigenvalue weighted by Crippen LogP contribution is -2.34. The SMILES string of the molecule is COc1cc([C@H]2C[C@H](C(F)(F)F)C2)c(F)cc1N. The van der Waals surface area contributed by atoms with Crippen LogP contribution in [0.3, 0.4) is 0 Å². The molecule has 1 aliphatic rings. The molecule has 2 N–H and O–H groups in total. The van der Waals surface area contributed by atoms with Gasteiger partial charge in [0.1, 0.15) is 11.6 Å². The number of rotatable bonds is 2. The molecule has 0 bridgehead atoms. The zero-order chi connectivity index (χ0) is 13.5. The molecule has 0 atom stereocenters. The first-order valence-electron chi connectivity index (χ1n) is 5.52. The number of hydrogen-bond donors (Lipinski definition) is 1. The average Bonchev–Trinajstić information content (AvgIpc) is 2.17. The Bertz CT molecular complexity index is 452. The van der Waals surface area contributed by atoms with Gasteiger partial charge in [0.25, 0.3) is 0 Å². The Morgan fingerprint density at radius 3 is 2.39 bits per heavy atom. The molecule has 1 saturated carbocycles. The van der Waals surface area contributed by atoms with E-state index in [1.165, 1.54) is 13.2 Å². The van der Waals surface area contributed by atoms with E-state index in [0.717, 1.165) is 6.07 Å². The Hall–Kier alpha value is -1.46. The van der Waals surface area contributed by atoms with Gasteiger partial charge in [-0.1, -0.05) is 0 Å². The Morgan fingerprint density at radius 2 is 1.89 bits per heavy atom. The number of alkyl halides is 3. The maximum Gasteiger partial charge on any atom is 0.391 e. The van der Waals surface area contributed by atoms with Gasteiger partial charge in [0, 0.05) is 6.07 Å². The van der Waals surface area contributed by atoms with Crippen LogP contribution >= 0.6 is 0 Å². The van der Waals surface area contributed by atoms with Crippen LogP contribution in [0.1, 0.15) is 24.3 Å². The number of hydrogen-bond acceptors (Lipinski definition) is 2. The zero-order valence-electron chi connectivity index (χ0n) is 9.72. The predicted octanol–water partition coefficient (Wildman–Crippen LogP) is 3.47. The summed E-state index contributed by atoms with van der Waals surface area (Å²) in [4.78, 5) is 0. The molecule has 100 valence electrons. The van der Waals surface area contributed by atoms with Crippen LogP contribution in [0.5, 0.6) is 5.75 Å². The van der Waals surface area contributed by atoms with E-state index in [-0.39, 0.29) is 24.1 Å². The first kappa shape index (κ1) is 13.0. The molecule has 0 heterocycles. The summed E-state index contributed by atoms with van der Waals surface area (Å²) in [6, 6.07) is 2.48. The van der Waals surface area contributed by atoms with Crippen LogP contribution in [0.15, 0.2) is 12.1 Å². The molecule has 0 amide bonds. The van der Waals surface area contributed by atoms with Crippen LogP contribution in [-0.4, -0.2) is 13.3 Å². The number of nitrogens with two attached hydrogens (primary N) is 1. The van der Waals surface area contributed by atoms with Crippen molar-refractivity contribution in [2.24, 2.45) is 5.92 Å². The molecule has 18 heavy (non-hydrogen) atoms. The lowest BCUT2D eigenvalue weighted by Gasteiger charge is -2.37. The van der Waals surface area contributed by atoms with Crippen LogP contribution in [0, 0.1) is 11.7 Å². The Labute approximate surface area is 102 Å². The minimum atomic E-state index is -4.19. The van der Waals surface area contributed by atoms with E-state index in [2.05, 4.69) is 0 Å². The second-order valence-electron chi connectivity index (χ2n) is 4.52. The van der Waals surface area contributed by atoms with Crippen molar-refractivity contribution in [3.63, 3.8) is 0 Å². The first-order chi connectivity index (χ1) is 8.32. The molecule has 0 aromatic heterocycles. The monoisotopic (exact) mass is 263 g/mol. The Kier molecular flexibility index (Phi) is 3.12. The van der Waals surface area contributed by atoms with Crippen molar-refractivity contribution in [1.82, 2.24) is 0 Å². The van der Waals surface area contributed by atoms with Crippen LogP contribution in [0.25, 0.3) is 0 Å². The summed E-state index contributed by atoms with van der Waals surface area (Å²) in [7, 11) is 1.38. The minimum absolute atomic E-state index is 0.0759. The van der Waals surface area contributed by atoms with Gasteiger partial charge in [0.2, 0.25) is 0 Å². The molecular formula is C12H13F4NO. The molecule has 2 rings (SSSR count). The van der Waals surface area contributed by atoms with Crippen molar-refractivity contribution in [2.45, 2.75) is 24.9 Å². The number of halogens is 4. The summed E-state index contributed by atoms with van der Waals surface area (Å²) in [6.45, 7) is 0. The zero-order valence-corrected chi connectivity index (χ0v) is 9.72. The van der Waals surface area contributed by atoms with E-state index in [0.29, 0.717) is 5.75 Å². The maximum atomic E-state index is 13.6. The third-order valence-corrected chi connectivity index (χ3v) is 3.39. The minimum Gasteiger partial charge on any atom is -0.495 e. The van der Waals surface area contributed by atoms with Crippen molar-refractivity contribution >= 4 is 5.69 Å². The fraction of sp³-hybridized carbons (Fsp3) is 0.500. The molecule has 0 radical (unpaired) electrons. The highest BCUT2D eigenvalue weighted by Crippen LogP contribution is 2.50. The third kappa shape index (κ3) is 2.23. The molecule has 0 unspecified atom stereocenters.